The van der Waals surface area contributed by atoms with Crippen molar-refractivity contribution in [2.45, 2.75) is 0 Å². The molecule has 19 heavy (non-hydrogen) atoms. The molecule has 0 spiro atoms. The first-order valence-electron chi connectivity index (χ1n) is 5.78. The number of carboxylic acid groups (broad SMARTS) is 1. The number of nitrogens with one attached hydrogen (secondary N) is 1. The molecule has 1 rings (SSSR count). The molecule has 1 amide bonds. The van der Waals surface area contributed by atoms with Gasteiger partial charge in [0.05, 0.1) is 0 Å². The van der Waals surface area contributed by atoms with Crippen molar-refractivity contribution >= 4 is 18.0 Å². The zero-order chi connectivity index (χ0) is 14.3. The molecular weight excluding hydrogens is 246 g/mol. The molecule has 0 aliphatic carbocycles. The molecule has 0 aliphatic rings. The number of hydrogen-bond donors (Lipinski definition) is 2. The number of carbonyl (C=O) groups excluding carboxylic acids is 1. The van der Waals surface area contributed by atoms with Crippen molar-refractivity contribution < 1.29 is 14.7 Å². The van der Waals surface area contributed by atoms with E-state index in [1.165, 1.54) is 18.5 Å². The van der Waals surface area contributed by atoms with E-state index in [2.05, 4.69) is 10.3 Å². The monoisotopic (exact) mass is 263 g/mol. The number of nitrogens with zero attached hydrogens (tertiary/aromatic N) is 2. The van der Waals surface area contributed by atoms with Crippen LogP contribution in [0.1, 0.15) is 15.9 Å². The molecule has 102 valence electrons. The third-order valence-corrected chi connectivity index (χ3v) is 2.35. The molecule has 6 heteroatoms. The molecule has 2 N–H and O–H groups in total. The van der Waals surface area contributed by atoms with E-state index in [1.807, 2.05) is 19.0 Å². The van der Waals surface area contributed by atoms with Crippen molar-refractivity contribution in [3.8, 4) is 0 Å². The van der Waals surface area contributed by atoms with Crippen LogP contribution in [-0.4, -0.2) is 54.1 Å². The van der Waals surface area contributed by atoms with Gasteiger partial charge < -0.3 is 15.3 Å². The molecule has 0 aliphatic heterocycles. The highest BCUT2D eigenvalue weighted by Crippen LogP contribution is 2.08. The zero-order valence-electron chi connectivity index (χ0n) is 11.0. The van der Waals surface area contributed by atoms with Gasteiger partial charge in [-0.25, -0.2) is 4.79 Å². The van der Waals surface area contributed by atoms with Crippen LogP contribution in [0.4, 0.5) is 0 Å². The molecule has 0 radical (unpaired) electrons. The molecule has 0 saturated heterocycles. The number of carbonyl (C=O) groups is 2. The summed E-state index contributed by atoms with van der Waals surface area (Å²) in [6.45, 7) is 1.26. The van der Waals surface area contributed by atoms with Crippen LogP contribution >= 0.6 is 0 Å². The second-order valence-electron chi connectivity index (χ2n) is 4.19. The first-order chi connectivity index (χ1) is 9.00. The fourth-order valence-corrected chi connectivity index (χ4v) is 1.40. The van der Waals surface area contributed by atoms with Gasteiger partial charge in [-0.2, -0.15) is 0 Å². The van der Waals surface area contributed by atoms with E-state index in [4.69, 9.17) is 5.11 Å². The van der Waals surface area contributed by atoms with E-state index in [1.54, 1.807) is 6.07 Å². The third kappa shape index (κ3) is 5.31. The SMILES string of the molecule is CN(C)CCNC(=O)c1ccncc1C=CC(=O)O. The Hall–Kier alpha value is -2.21. The van der Waals surface area contributed by atoms with Crippen molar-refractivity contribution in [2.75, 3.05) is 27.2 Å². The highest BCUT2D eigenvalue weighted by Gasteiger charge is 2.09. The molecular formula is C13H17N3O3. The highest BCUT2D eigenvalue weighted by molar-refractivity contribution is 5.98. The Morgan fingerprint density at radius 1 is 1.47 bits per heavy atom. The van der Waals surface area contributed by atoms with E-state index >= 15 is 0 Å². The number of amides is 1. The summed E-state index contributed by atoms with van der Waals surface area (Å²) in [6.07, 6.45) is 5.29. The molecule has 6 nitrogen and oxygen atoms in total. The first kappa shape index (κ1) is 14.8. The van der Waals surface area contributed by atoms with Crippen LogP contribution in [0.25, 0.3) is 6.08 Å². The van der Waals surface area contributed by atoms with E-state index in [0.717, 1.165) is 12.6 Å². The van der Waals surface area contributed by atoms with Crippen LogP contribution in [0, 0.1) is 0 Å². The summed E-state index contributed by atoms with van der Waals surface area (Å²) in [5.74, 6) is -1.31. The number of carboxylic acids is 1. The fourth-order valence-electron chi connectivity index (χ4n) is 1.40. The second-order valence-corrected chi connectivity index (χ2v) is 4.19. The molecule has 0 saturated carbocycles. The van der Waals surface area contributed by atoms with Crippen molar-refractivity contribution in [1.29, 1.82) is 0 Å². The molecule has 1 aromatic rings. The predicted molar refractivity (Wildman–Crippen MR) is 71.8 cm³/mol. The van der Waals surface area contributed by atoms with Crippen LogP contribution in [0.5, 0.6) is 0 Å². The largest absolute Gasteiger partial charge is 0.478 e. The minimum atomic E-state index is -1.07. The fraction of sp³-hybridized carbons (Fsp3) is 0.308. The molecule has 0 unspecified atom stereocenters. The summed E-state index contributed by atoms with van der Waals surface area (Å²) in [7, 11) is 3.83. The predicted octanol–water partition coefficient (Wildman–Crippen LogP) is 0.471. The standard InChI is InChI=1S/C13H17N3O3/c1-16(2)8-7-15-13(19)11-5-6-14-9-10(11)3-4-12(17)18/h3-6,9H,7-8H2,1-2H3,(H,15,19)(H,17,18). The number of aliphatic carboxylic acids is 1. The normalized spacial score (nSPS) is 10.9. The van der Waals surface area contributed by atoms with Gasteiger partial charge in [-0.1, -0.05) is 0 Å². The van der Waals surface area contributed by atoms with Crippen molar-refractivity contribution in [1.82, 2.24) is 15.2 Å². The summed E-state index contributed by atoms with van der Waals surface area (Å²) < 4.78 is 0. The van der Waals surface area contributed by atoms with Gasteiger partial charge in [-0.3, -0.25) is 9.78 Å². The number of hydrogen-bond acceptors (Lipinski definition) is 4. The quantitative estimate of drug-likeness (QED) is 0.729. The van der Waals surface area contributed by atoms with Gasteiger partial charge in [-0.05, 0) is 26.2 Å². The summed E-state index contributed by atoms with van der Waals surface area (Å²) in [6, 6.07) is 1.56. The summed E-state index contributed by atoms with van der Waals surface area (Å²) in [5.41, 5.74) is 0.888. The third-order valence-electron chi connectivity index (χ3n) is 2.35. The molecule has 1 heterocycles. The lowest BCUT2D eigenvalue weighted by molar-refractivity contribution is -0.131. The van der Waals surface area contributed by atoms with Crippen LogP contribution in [-0.2, 0) is 4.79 Å². The molecule has 0 atom stereocenters. The topological polar surface area (TPSA) is 82.5 Å². The Balaban J connectivity index is 2.76. The zero-order valence-corrected chi connectivity index (χ0v) is 11.0. The van der Waals surface area contributed by atoms with Gasteiger partial charge in [-0.15, -0.1) is 0 Å². The lowest BCUT2D eigenvalue weighted by Gasteiger charge is -2.11. The Morgan fingerprint density at radius 3 is 2.84 bits per heavy atom. The van der Waals surface area contributed by atoms with Crippen LogP contribution in [0.2, 0.25) is 0 Å². The number of rotatable bonds is 6. The highest BCUT2D eigenvalue weighted by atomic mass is 16.4. The lowest BCUT2D eigenvalue weighted by Crippen LogP contribution is -2.31. The maximum absolute atomic E-state index is 12.0. The van der Waals surface area contributed by atoms with E-state index in [-0.39, 0.29) is 5.91 Å². The Labute approximate surface area is 111 Å². The van der Waals surface area contributed by atoms with Gasteiger partial charge >= 0.3 is 5.97 Å². The average Bonchev–Trinajstić information content (AvgIpc) is 2.36. The van der Waals surface area contributed by atoms with Crippen molar-refractivity contribution in [2.24, 2.45) is 0 Å². The maximum atomic E-state index is 12.0. The van der Waals surface area contributed by atoms with Crippen molar-refractivity contribution in [3.63, 3.8) is 0 Å². The van der Waals surface area contributed by atoms with Crippen LogP contribution in [0.15, 0.2) is 24.5 Å². The number of pyridine rings is 1. The minimum Gasteiger partial charge on any atom is -0.478 e. The summed E-state index contributed by atoms with van der Waals surface area (Å²) in [4.78, 5) is 28.3. The Kier molecular flexibility index (Phi) is 5.69. The van der Waals surface area contributed by atoms with Gasteiger partial charge in [0.2, 0.25) is 0 Å². The summed E-state index contributed by atoms with van der Waals surface area (Å²) in [5, 5.41) is 11.4. The van der Waals surface area contributed by atoms with E-state index in [0.29, 0.717) is 17.7 Å². The van der Waals surface area contributed by atoms with Gasteiger partial charge in [0.15, 0.2) is 0 Å². The van der Waals surface area contributed by atoms with Crippen LogP contribution < -0.4 is 5.32 Å². The van der Waals surface area contributed by atoms with Gasteiger partial charge in [0.1, 0.15) is 0 Å². The first-order valence-corrected chi connectivity index (χ1v) is 5.78. The maximum Gasteiger partial charge on any atom is 0.328 e. The van der Waals surface area contributed by atoms with Crippen molar-refractivity contribution in [3.05, 3.63) is 35.7 Å². The summed E-state index contributed by atoms with van der Waals surface area (Å²) >= 11 is 0. The van der Waals surface area contributed by atoms with Gasteiger partial charge in [0.25, 0.3) is 5.91 Å². The minimum absolute atomic E-state index is 0.241. The van der Waals surface area contributed by atoms with Gasteiger partial charge in [0, 0.05) is 42.7 Å². The van der Waals surface area contributed by atoms with Crippen LogP contribution in [0.3, 0.4) is 0 Å². The van der Waals surface area contributed by atoms with E-state index in [9.17, 15) is 9.59 Å². The smallest absolute Gasteiger partial charge is 0.328 e. The molecule has 1 aromatic heterocycles. The second kappa shape index (κ2) is 7.27. The lowest BCUT2D eigenvalue weighted by atomic mass is 10.1. The Bertz CT molecular complexity index is 484. The number of likely N-dealkylation sites (N-methyl/N-ethyl adjacent to an activating group) is 1. The molecule has 0 fully saturated rings. The number of aromatic nitrogens is 1. The average molecular weight is 263 g/mol. The Morgan fingerprint density at radius 2 is 2.21 bits per heavy atom. The molecule has 0 aromatic carbocycles. The molecule has 0 bridgehead atoms. The van der Waals surface area contributed by atoms with E-state index < -0.39 is 5.97 Å².